The molecule has 108 valence electrons. The van der Waals surface area contributed by atoms with Crippen LogP contribution in [-0.2, 0) is 20.4 Å². The lowest BCUT2D eigenvalue weighted by Crippen LogP contribution is -2.52. The van der Waals surface area contributed by atoms with Crippen LogP contribution < -0.4 is 5.32 Å². The molecular formula is C13H22N2O3S. The zero-order chi connectivity index (χ0) is 14.0. The molecule has 0 spiro atoms. The minimum Gasteiger partial charge on any atom is -0.344 e. The van der Waals surface area contributed by atoms with E-state index in [1.165, 1.54) is 0 Å². The molecule has 2 aliphatic rings. The van der Waals surface area contributed by atoms with Crippen molar-refractivity contribution in [2.45, 2.75) is 45.2 Å². The fourth-order valence-corrected chi connectivity index (χ4v) is 4.00. The van der Waals surface area contributed by atoms with Gasteiger partial charge in [0.1, 0.15) is 6.04 Å². The summed E-state index contributed by atoms with van der Waals surface area (Å²) in [5, 5.41) is 2.82. The number of nitrogens with one attached hydrogen (secondary N) is 1. The zero-order valence-corrected chi connectivity index (χ0v) is 12.4. The molecular weight excluding hydrogens is 264 g/mol. The highest BCUT2D eigenvalue weighted by atomic mass is 32.2. The summed E-state index contributed by atoms with van der Waals surface area (Å²) in [4.78, 5) is 26.1. The van der Waals surface area contributed by atoms with E-state index in [1.807, 2.05) is 18.7 Å². The zero-order valence-electron chi connectivity index (χ0n) is 11.6. The summed E-state index contributed by atoms with van der Waals surface area (Å²) < 4.78 is 11.4. The Morgan fingerprint density at radius 1 is 1.26 bits per heavy atom. The predicted molar refractivity (Wildman–Crippen MR) is 74.0 cm³/mol. The minimum absolute atomic E-state index is 0.0264. The smallest absolute Gasteiger partial charge is 0.245 e. The second-order valence-corrected chi connectivity index (χ2v) is 7.35. The van der Waals surface area contributed by atoms with Gasteiger partial charge in [-0.05, 0) is 18.8 Å². The van der Waals surface area contributed by atoms with Crippen molar-refractivity contribution in [3.8, 4) is 0 Å². The van der Waals surface area contributed by atoms with Gasteiger partial charge in [-0.2, -0.15) is 0 Å². The highest BCUT2D eigenvalue weighted by Crippen LogP contribution is 2.20. The Morgan fingerprint density at radius 3 is 2.47 bits per heavy atom. The van der Waals surface area contributed by atoms with E-state index in [1.54, 1.807) is 0 Å². The molecule has 0 aliphatic carbocycles. The first kappa shape index (κ1) is 14.5. The SMILES string of the molecule is CC(C)C1NC(=O)CCN(C2CCS(=O)CC2)C1=O. The van der Waals surface area contributed by atoms with E-state index < -0.39 is 16.8 Å². The fourth-order valence-electron chi connectivity index (χ4n) is 2.73. The molecule has 2 rings (SSSR count). The van der Waals surface area contributed by atoms with Gasteiger partial charge in [-0.25, -0.2) is 0 Å². The van der Waals surface area contributed by atoms with Gasteiger partial charge in [0, 0.05) is 41.3 Å². The number of hydrogen-bond donors (Lipinski definition) is 1. The fraction of sp³-hybridized carbons (Fsp3) is 0.846. The Labute approximate surface area is 116 Å². The van der Waals surface area contributed by atoms with E-state index in [4.69, 9.17) is 0 Å². The summed E-state index contributed by atoms with van der Waals surface area (Å²) in [6.45, 7) is 4.38. The van der Waals surface area contributed by atoms with Crippen LogP contribution in [-0.4, -0.2) is 51.1 Å². The first-order valence-electron chi connectivity index (χ1n) is 6.94. The van der Waals surface area contributed by atoms with Gasteiger partial charge >= 0.3 is 0 Å². The molecule has 2 amide bonds. The Bertz CT molecular complexity index is 387. The Kier molecular flexibility index (Phi) is 4.60. The van der Waals surface area contributed by atoms with Gasteiger partial charge in [0.2, 0.25) is 11.8 Å². The second-order valence-electron chi connectivity index (χ2n) is 5.65. The van der Waals surface area contributed by atoms with Crippen molar-refractivity contribution in [1.29, 1.82) is 0 Å². The van der Waals surface area contributed by atoms with Crippen molar-refractivity contribution in [2.24, 2.45) is 5.92 Å². The van der Waals surface area contributed by atoms with Crippen LogP contribution in [0.5, 0.6) is 0 Å². The number of carbonyl (C=O) groups is 2. The van der Waals surface area contributed by atoms with Crippen LogP contribution >= 0.6 is 0 Å². The van der Waals surface area contributed by atoms with Crippen molar-refractivity contribution in [2.75, 3.05) is 18.1 Å². The molecule has 5 nitrogen and oxygen atoms in total. The second kappa shape index (κ2) is 6.03. The van der Waals surface area contributed by atoms with Crippen molar-refractivity contribution in [3.63, 3.8) is 0 Å². The van der Waals surface area contributed by atoms with Crippen LogP contribution in [0.4, 0.5) is 0 Å². The highest BCUT2D eigenvalue weighted by Gasteiger charge is 2.36. The molecule has 0 aromatic carbocycles. The number of amides is 2. The van der Waals surface area contributed by atoms with Gasteiger partial charge in [-0.15, -0.1) is 0 Å². The van der Waals surface area contributed by atoms with Crippen LogP contribution in [0.1, 0.15) is 33.1 Å². The number of hydrogen-bond acceptors (Lipinski definition) is 3. The number of rotatable bonds is 2. The lowest BCUT2D eigenvalue weighted by Gasteiger charge is -2.35. The molecule has 1 N–H and O–H groups in total. The monoisotopic (exact) mass is 286 g/mol. The molecule has 0 aromatic rings. The lowest BCUT2D eigenvalue weighted by atomic mass is 10.0. The molecule has 2 heterocycles. The van der Waals surface area contributed by atoms with Crippen molar-refractivity contribution >= 4 is 22.6 Å². The Hall–Kier alpha value is -0.910. The summed E-state index contributed by atoms with van der Waals surface area (Å²) in [7, 11) is -0.726. The lowest BCUT2D eigenvalue weighted by molar-refractivity contribution is -0.136. The van der Waals surface area contributed by atoms with Gasteiger partial charge in [0.05, 0.1) is 0 Å². The van der Waals surface area contributed by atoms with Gasteiger partial charge in [-0.1, -0.05) is 13.8 Å². The molecule has 0 bridgehead atoms. The summed E-state index contributed by atoms with van der Waals surface area (Å²) >= 11 is 0. The third-order valence-corrected chi connectivity index (χ3v) is 5.29. The first-order valence-corrected chi connectivity index (χ1v) is 8.42. The normalized spacial score (nSPS) is 33.2. The van der Waals surface area contributed by atoms with E-state index >= 15 is 0 Å². The summed E-state index contributed by atoms with van der Waals surface area (Å²) in [6, 6.07) is -0.262. The van der Waals surface area contributed by atoms with Crippen molar-refractivity contribution in [1.82, 2.24) is 10.2 Å². The molecule has 19 heavy (non-hydrogen) atoms. The molecule has 0 radical (unpaired) electrons. The molecule has 1 unspecified atom stereocenters. The average molecular weight is 286 g/mol. The summed E-state index contributed by atoms with van der Waals surface area (Å²) in [5.41, 5.74) is 0. The molecule has 2 saturated heterocycles. The number of carbonyl (C=O) groups excluding carboxylic acids is 2. The molecule has 2 aliphatic heterocycles. The third kappa shape index (κ3) is 3.35. The number of nitrogens with zero attached hydrogens (tertiary/aromatic N) is 1. The van der Waals surface area contributed by atoms with E-state index in [2.05, 4.69) is 5.32 Å². The van der Waals surface area contributed by atoms with Gasteiger partial charge < -0.3 is 10.2 Å². The van der Waals surface area contributed by atoms with Gasteiger partial charge in [0.25, 0.3) is 0 Å². The van der Waals surface area contributed by atoms with Gasteiger partial charge in [0.15, 0.2) is 0 Å². The van der Waals surface area contributed by atoms with Crippen LogP contribution in [0, 0.1) is 5.92 Å². The summed E-state index contributed by atoms with van der Waals surface area (Å²) in [5.74, 6) is 1.41. The van der Waals surface area contributed by atoms with Crippen LogP contribution in [0.3, 0.4) is 0 Å². The maximum atomic E-state index is 12.5. The van der Waals surface area contributed by atoms with Crippen molar-refractivity contribution < 1.29 is 13.8 Å². The van der Waals surface area contributed by atoms with Crippen LogP contribution in [0.15, 0.2) is 0 Å². The molecule has 2 fully saturated rings. The molecule has 0 saturated carbocycles. The quantitative estimate of drug-likeness (QED) is 0.792. The maximum absolute atomic E-state index is 12.5. The molecule has 6 heteroatoms. The summed E-state index contributed by atoms with van der Waals surface area (Å²) in [6.07, 6.45) is 1.95. The molecule has 1 atom stereocenters. The van der Waals surface area contributed by atoms with E-state index in [-0.39, 0.29) is 23.8 Å². The largest absolute Gasteiger partial charge is 0.344 e. The van der Waals surface area contributed by atoms with Crippen LogP contribution in [0.25, 0.3) is 0 Å². The van der Waals surface area contributed by atoms with E-state index in [0.29, 0.717) is 24.5 Å². The predicted octanol–water partition coefficient (Wildman–Crippen LogP) is 0.271. The molecule has 0 aromatic heterocycles. The van der Waals surface area contributed by atoms with Crippen LogP contribution in [0.2, 0.25) is 0 Å². The van der Waals surface area contributed by atoms with Crippen molar-refractivity contribution in [3.05, 3.63) is 0 Å². The van der Waals surface area contributed by atoms with Gasteiger partial charge in [-0.3, -0.25) is 13.8 Å². The first-order chi connectivity index (χ1) is 8.99. The third-order valence-electron chi connectivity index (χ3n) is 3.91. The Balaban J connectivity index is 2.12. The van der Waals surface area contributed by atoms with E-state index in [9.17, 15) is 13.8 Å². The van der Waals surface area contributed by atoms with E-state index in [0.717, 1.165) is 12.8 Å². The standard InChI is InChI=1S/C13H22N2O3S/c1-9(2)12-13(17)15(6-3-11(16)14-12)10-4-7-19(18)8-5-10/h9-10,12H,3-8H2,1-2H3,(H,14,16). The minimum atomic E-state index is -0.726. The average Bonchev–Trinajstić information content (AvgIpc) is 2.51. The maximum Gasteiger partial charge on any atom is 0.245 e. The highest BCUT2D eigenvalue weighted by molar-refractivity contribution is 7.85. The topological polar surface area (TPSA) is 66.5 Å². The Morgan fingerprint density at radius 2 is 1.89 bits per heavy atom.